The molecule has 3 nitrogen and oxygen atoms in total. The first-order chi connectivity index (χ1) is 10.1. The van der Waals surface area contributed by atoms with Crippen LogP contribution < -0.4 is 5.73 Å². The molecule has 0 bridgehead atoms. The molecule has 0 aromatic heterocycles. The summed E-state index contributed by atoms with van der Waals surface area (Å²) in [4.78, 5) is 5.29. The largest absolute Gasteiger partial charge is 0.329 e. The second-order valence-corrected chi connectivity index (χ2v) is 7.15. The molecular weight excluding hydrogens is 258 g/mol. The Morgan fingerprint density at radius 2 is 1.62 bits per heavy atom. The van der Waals surface area contributed by atoms with Crippen LogP contribution in [-0.4, -0.2) is 54.1 Å². The summed E-state index contributed by atoms with van der Waals surface area (Å²) in [5.74, 6) is 0. The van der Waals surface area contributed by atoms with Gasteiger partial charge in [0.1, 0.15) is 0 Å². The van der Waals surface area contributed by atoms with Crippen LogP contribution in [0.4, 0.5) is 0 Å². The molecule has 2 atom stereocenters. The average Bonchev–Trinajstić information content (AvgIpc) is 2.53. The number of nitrogens with zero attached hydrogens (tertiary/aromatic N) is 2. The van der Waals surface area contributed by atoms with Crippen LogP contribution in [0.1, 0.15) is 72.6 Å². The smallest absolute Gasteiger partial charge is 0.0304 e. The number of hydrogen-bond acceptors (Lipinski definition) is 3. The van der Waals surface area contributed by atoms with E-state index in [9.17, 15) is 0 Å². The molecule has 0 amide bonds. The first-order valence-corrected chi connectivity index (χ1v) is 9.26. The molecule has 126 valence electrons. The molecule has 2 unspecified atom stereocenters. The minimum absolute atomic E-state index is 0.216. The maximum atomic E-state index is 6.14. The lowest BCUT2D eigenvalue weighted by Gasteiger charge is -2.47. The summed E-state index contributed by atoms with van der Waals surface area (Å²) in [7, 11) is 0. The SMILES string of the molecule is CCCCCCCC(C)(CN)N1CCN(C(C)CC)CC1. The fourth-order valence-electron chi connectivity index (χ4n) is 3.46. The van der Waals surface area contributed by atoms with E-state index in [1.165, 1.54) is 71.1 Å². The molecule has 21 heavy (non-hydrogen) atoms. The molecule has 0 aromatic carbocycles. The number of nitrogens with two attached hydrogens (primary N) is 1. The predicted molar refractivity (Wildman–Crippen MR) is 93.7 cm³/mol. The maximum absolute atomic E-state index is 6.14. The molecule has 1 rings (SSSR count). The van der Waals surface area contributed by atoms with Gasteiger partial charge in [-0.25, -0.2) is 0 Å². The second kappa shape index (κ2) is 9.81. The van der Waals surface area contributed by atoms with Gasteiger partial charge in [-0.2, -0.15) is 0 Å². The minimum atomic E-state index is 0.216. The number of rotatable bonds is 10. The second-order valence-electron chi connectivity index (χ2n) is 7.15. The molecule has 1 saturated heterocycles. The lowest BCUT2D eigenvalue weighted by atomic mass is 9.91. The van der Waals surface area contributed by atoms with Crippen molar-refractivity contribution in [1.29, 1.82) is 0 Å². The third kappa shape index (κ3) is 5.88. The zero-order valence-electron chi connectivity index (χ0n) is 15.0. The van der Waals surface area contributed by atoms with Crippen LogP contribution in [0.3, 0.4) is 0 Å². The van der Waals surface area contributed by atoms with Crippen LogP contribution in [0.5, 0.6) is 0 Å². The minimum Gasteiger partial charge on any atom is -0.329 e. The van der Waals surface area contributed by atoms with Crippen LogP contribution in [0, 0.1) is 0 Å². The average molecular weight is 298 g/mol. The highest BCUT2D eigenvalue weighted by Crippen LogP contribution is 2.24. The standard InChI is InChI=1S/C18H39N3/c1-5-7-8-9-10-11-18(4,16-19)21-14-12-20(13-15-21)17(3)6-2/h17H,5-16,19H2,1-4H3. The fourth-order valence-corrected chi connectivity index (χ4v) is 3.46. The summed E-state index contributed by atoms with van der Waals surface area (Å²) in [6.45, 7) is 14.9. The van der Waals surface area contributed by atoms with Crippen LogP contribution in [0.15, 0.2) is 0 Å². The molecule has 1 aliphatic heterocycles. The van der Waals surface area contributed by atoms with Gasteiger partial charge in [0, 0.05) is 44.3 Å². The Morgan fingerprint density at radius 1 is 1.00 bits per heavy atom. The van der Waals surface area contributed by atoms with Gasteiger partial charge in [0.2, 0.25) is 0 Å². The van der Waals surface area contributed by atoms with Gasteiger partial charge in [-0.3, -0.25) is 9.80 Å². The molecule has 0 radical (unpaired) electrons. The summed E-state index contributed by atoms with van der Waals surface area (Å²) >= 11 is 0. The Hall–Kier alpha value is -0.120. The van der Waals surface area contributed by atoms with Gasteiger partial charge in [-0.05, 0) is 26.7 Å². The molecule has 0 saturated carbocycles. The van der Waals surface area contributed by atoms with Crippen molar-refractivity contribution in [2.24, 2.45) is 5.73 Å². The van der Waals surface area contributed by atoms with Crippen molar-refractivity contribution in [2.45, 2.75) is 84.2 Å². The number of hydrogen-bond donors (Lipinski definition) is 1. The van der Waals surface area contributed by atoms with Gasteiger partial charge >= 0.3 is 0 Å². The Morgan fingerprint density at radius 3 is 2.14 bits per heavy atom. The number of piperazine rings is 1. The molecule has 0 aliphatic carbocycles. The zero-order valence-corrected chi connectivity index (χ0v) is 15.0. The van der Waals surface area contributed by atoms with Crippen molar-refractivity contribution in [3.05, 3.63) is 0 Å². The van der Waals surface area contributed by atoms with Gasteiger partial charge in [0.05, 0.1) is 0 Å². The highest BCUT2D eigenvalue weighted by Gasteiger charge is 2.33. The fraction of sp³-hybridized carbons (Fsp3) is 1.00. The molecular formula is C18H39N3. The van der Waals surface area contributed by atoms with Gasteiger partial charge in [-0.1, -0.05) is 46.0 Å². The van der Waals surface area contributed by atoms with Crippen molar-refractivity contribution >= 4 is 0 Å². The molecule has 1 fully saturated rings. The van der Waals surface area contributed by atoms with Crippen molar-refractivity contribution in [3.63, 3.8) is 0 Å². The zero-order chi connectivity index (χ0) is 15.7. The van der Waals surface area contributed by atoms with Crippen LogP contribution in [-0.2, 0) is 0 Å². The van der Waals surface area contributed by atoms with E-state index in [4.69, 9.17) is 5.73 Å². The van der Waals surface area contributed by atoms with E-state index in [1.807, 2.05) is 0 Å². The van der Waals surface area contributed by atoms with Gasteiger partial charge in [0.15, 0.2) is 0 Å². The van der Waals surface area contributed by atoms with Gasteiger partial charge in [0.25, 0.3) is 0 Å². The Labute approximate surface area is 133 Å². The van der Waals surface area contributed by atoms with Crippen LogP contribution in [0.25, 0.3) is 0 Å². The summed E-state index contributed by atoms with van der Waals surface area (Å²) in [5, 5.41) is 0. The molecule has 0 aromatic rings. The van der Waals surface area contributed by atoms with Crippen molar-refractivity contribution in [1.82, 2.24) is 9.80 Å². The Bertz CT molecular complexity index is 261. The molecule has 1 aliphatic rings. The van der Waals surface area contributed by atoms with E-state index >= 15 is 0 Å². The summed E-state index contributed by atoms with van der Waals surface area (Å²) < 4.78 is 0. The van der Waals surface area contributed by atoms with E-state index in [-0.39, 0.29) is 5.54 Å². The first kappa shape index (κ1) is 18.9. The lowest BCUT2D eigenvalue weighted by molar-refractivity contribution is 0.0261. The highest BCUT2D eigenvalue weighted by molar-refractivity contribution is 4.90. The summed E-state index contributed by atoms with van der Waals surface area (Å²) in [6.07, 6.45) is 9.31. The van der Waals surface area contributed by atoms with Crippen molar-refractivity contribution in [3.8, 4) is 0 Å². The van der Waals surface area contributed by atoms with E-state index in [2.05, 4.69) is 37.5 Å². The number of unbranched alkanes of at least 4 members (excludes halogenated alkanes) is 4. The molecule has 1 heterocycles. The molecule has 3 heteroatoms. The summed E-state index contributed by atoms with van der Waals surface area (Å²) in [5.41, 5.74) is 6.36. The molecule has 2 N–H and O–H groups in total. The van der Waals surface area contributed by atoms with Gasteiger partial charge in [-0.15, -0.1) is 0 Å². The quantitative estimate of drug-likeness (QED) is 0.627. The Kier molecular flexibility index (Phi) is 8.84. The van der Waals surface area contributed by atoms with Crippen LogP contribution >= 0.6 is 0 Å². The summed E-state index contributed by atoms with van der Waals surface area (Å²) in [6, 6.07) is 0.727. The third-order valence-corrected chi connectivity index (χ3v) is 5.55. The van der Waals surface area contributed by atoms with Crippen LogP contribution in [0.2, 0.25) is 0 Å². The van der Waals surface area contributed by atoms with Crippen molar-refractivity contribution in [2.75, 3.05) is 32.7 Å². The maximum Gasteiger partial charge on any atom is 0.0304 e. The normalized spacial score (nSPS) is 22.1. The van der Waals surface area contributed by atoms with E-state index in [0.29, 0.717) is 0 Å². The van der Waals surface area contributed by atoms with E-state index in [0.717, 1.165) is 12.6 Å². The monoisotopic (exact) mass is 297 g/mol. The first-order valence-electron chi connectivity index (χ1n) is 9.26. The van der Waals surface area contributed by atoms with Gasteiger partial charge < -0.3 is 5.73 Å². The molecule has 0 spiro atoms. The Balaban J connectivity index is 2.37. The topological polar surface area (TPSA) is 32.5 Å². The lowest BCUT2D eigenvalue weighted by Crippen LogP contribution is -2.59. The third-order valence-electron chi connectivity index (χ3n) is 5.55. The predicted octanol–water partition coefficient (Wildman–Crippen LogP) is 3.48. The van der Waals surface area contributed by atoms with E-state index in [1.54, 1.807) is 0 Å². The van der Waals surface area contributed by atoms with Crippen molar-refractivity contribution < 1.29 is 0 Å². The highest BCUT2D eigenvalue weighted by atomic mass is 15.3. The van der Waals surface area contributed by atoms with E-state index < -0.39 is 0 Å².